The first-order valence-electron chi connectivity index (χ1n) is 6.46. The monoisotopic (exact) mass is 289 g/mol. The van der Waals surface area contributed by atoms with Crippen molar-refractivity contribution in [1.29, 1.82) is 0 Å². The SMILES string of the molecule is C=CCN(CC=C)C(=O)COc1cc(C)ccc1C(=O)O. The third-order valence-corrected chi connectivity index (χ3v) is 2.77. The number of carboxylic acid groups (broad SMARTS) is 1. The van der Waals surface area contributed by atoms with E-state index in [1.807, 2.05) is 6.92 Å². The van der Waals surface area contributed by atoms with E-state index in [2.05, 4.69) is 13.2 Å². The number of amides is 1. The van der Waals surface area contributed by atoms with E-state index in [9.17, 15) is 9.59 Å². The molecule has 5 heteroatoms. The van der Waals surface area contributed by atoms with Crippen molar-refractivity contribution in [2.45, 2.75) is 6.92 Å². The second-order valence-electron chi connectivity index (χ2n) is 4.47. The molecule has 0 aliphatic rings. The van der Waals surface area contributed by atoms with Gasteiger partial charge in [-0.15, -0.1) is 13.2 Å². The Kier molecular flexibility index (Phi) is 6.20. The van der Waals surface area contributed by atoms with Crippen molar-refractivity contribution in [3.05, 3.63) is 54.6 Å². The Labute approximate surface area is 124 Å². The Bertz CT molecular complexity index is 541. The number of aromatic carboxylic acids is 1. The molecule has 1 aromatic rings. The van der Waals surface area contributed by atoms with Crippen LogP contribution in [0.4, 0.5) is 0 Å². The van der Waals surface area contributed by atoms with Gasteiger partial charge in [0.25, 0.3) is 5.91 Å². The van der Waals surface area contributed by atoms with Crippen molar-refractivity contribution in [3.8, 4) is 5.75 Å². The van der Waals surface area contributed by atoms with Crippen molar-refractivity contribution in [1.82, 2.24) is 4.90 Å². The summed E-state index contributed by atoms with van der Waals surface area (Å²) in [5.74, 6) is -1.16. The molecule has 0 radical (unpaired) electrons. The molecule has 0 aromatic heterocycles. The molecule has 0 aliphatic heterocycles. The first-order valence-corrected chi connectivity index (χ1v) is 6.46. The Morgan fingerprint density at radius 2 is 1.90 bits per heavy atom. The number of hydrogen-bond acceptors (Lipinski definition) is 3. The molecule has 1 aromatic carbocycles. The fourth-order valence-electron chi connectivity index (χ4n) is 1.75. The summed E-state index contributed by atoms with van der Waals surface area (Å²) < 4.78 is 5.37. The molecule has 0 saturated heterocycles. The third-order valence-electron chi connectivity index (χ3n) is 2.77. The van der Waals surface area contributed by atoms with Gasteiger partial charge in [-0.1, -0.05) is 18.2 Å². The van der Waals surface area contributed by atoms with Crippen LogP contribution in [0.3, 0.4) is 0 Å². The van der Waals surface area contributed by atoms with E-state index in [4.69, 9.17) is 9.84 Å². The molecule has 0 fully saturated rings. The molecule has 0 spiro atoms. The van der Waals surface area contributed by atoms with Gasteiger partial charge in [-0.3, -0.25) is 4.79 Å². The number of nitrogens with zero attached hydrogens (tertiary/aromatic N) is 1. The van der Waals surface area contributed by atoms with E-state index in [-0.39, 0.29) is 23.8 Å². The molecular weight excluding hydrogens is 270 g/mol. The van der Waals surface area contributed by atoms with Crippen LogP contribution in [0.25, 0.3) is 0 Å². The summed E-state index contributed by atoms with van der Waals surface area (Å²) >= 11 is 0. The summed E-state index contributed by atoms with van der Waals surface area (Å²) in [6.45, 7) is 9.53. The quantitative estimate of drug-likeness (QED) is 0.746. The zero-order valence-corrected chi connectivity index (χ0v) is 12.0. The zero-order chi connectivity index (χ0) is 15.8. The molecule has 0 aliphatic carbocycles. The highest BCUT2D eigenvalue weighted by molar-refractivity contribution is 5.91. The van der Waals surface area contributed by atoms with Gasteiger partial charge in [-0.05, 0) is 24.6 Å². The lowest BCUT2D eigenvalue weighted by atomic mass is 10.1. The molecular formula is C16H19NO4. The van der Waals surface area contributed by atoms with Crippen LogP contribution in [0.1, 0.15) is 15.9 Å². The molecule has 0 unspecified atom stereocenters. The number of carbonyl (C=O) groups excluding carboxylic acids is 1. The van der Waals surface area contributed by atoms with Crippen LogP contribution in [0.2, 0.25) is 0 Å². The van der Waals surface area contributed by atoms with Gasteiger partial charge in [0, 0.05) is 13.1 Å². The first-order chi connectivity index (χ1) is 9.99. The van der Waals surface area contributed by atoms with Gasteiger partial charge in [-0.2, -0.15) is 0 Å². The Morgan fingerprint density at radius 1 is 1.29 bits per heavy atom. The molecule has 1 N–H and O–H groups in total. The number of ether oxygens (including phenoxy) is 1. The maximum Gasteiger partial charge on any atom is 0.339 e. The normalized spacial score (nSPS) is 9.76. The number of hydrogen-bond donors (Lipinski definition) is 1. The average Bonchev–Trinajstić information content (AvgIpc) is 2.44. The zero-order valence-electron chi connectivity index (χ0n) is 12.0. The Morgan fingerprint density at radius 3 is 2.43 bits per heavy atom. The average molecular weight is 289 g/mol. The van der Waals surface area contributed by atoms with Crippen molar-refractivity contribution in [2.24, 2.45) is 0 Å². The van der Waals surface area contributed by atoms with Gasteiger partial charge in [0.2, 0.25) is 0 Å². The molecule has 0 heterocycles. The van der Waals surface area contributed by atoms with Crippen LogP contribution in [0, 0.1) is 6.92 Å². The second kappa shape index (κ2) is 7.89. The first kappa shape index (κ1) is 16.5. The van der Waals surface area contributed by atoms with Crippen LogP contribution >= 0.6 is 0 Å². The molecule has 112 valence electrons. The molecule has 21 heavy (non-hydrogen) atoms. The lowest BCUT2D eigenvalue weighted by Crippen LogP contribution is -2.35. The number of carboxylic acids is 1. The smallest absolute Gasteiger partial charge is 0.339 e. The van der Waals surface area contributed by atoms with E-state index < -0.39 is 5.97 Å². The van der Waals surface area contributed by atoms with Crippen molar-refractivity contribution in [3.63, 3.8) is 0 Å². The highest BCUT2D eigenvalue weighted by atomic mass is 16.5. The Hall–Kier alpha value is -2.56. The predicted molar refractivity (Wildman–Crippen MR) is 80.6 cm³/mol. The van der Waals surface area contributed by atoms with Gasteiger partial charge < -0.3 is 14.7 Å². The number of benzene rings is 1. The maximum absolute atomic E-state index is 12.0. The van der Waals surface area contributed by atoms with Crippen LogP contribution < -0.4 is 4.74 Å². The summed E-state index contributed by atoms with van der Waals surface area (Å²) in [4.78, 5) is 24.6. The topological polar surface area (TPSA) is 66.8 Å². The standard InChI is InChI=1S/C16H19NO4/c1-4-8-17(9-5-2)15(18)11-21-14-10-12(3)6-7-13(14)16(19)20/h4-7,10H,1-2,8-9,11H2,3H3,(H,19,20). The lowest BCUT2D eigenvalue weighted by molar-refractivity contribution is -0.132. The Balaban J connectivity index is 2.80. The molecule has 1 rings (SSSR count). The third kappa shape index (κ3) is 4.80. The van der Waals surface area contributed by atoms with E-state index in [1.165, 1.54) is 11.0 Å². The van der Waals surface area contributed by atoms with Crippen LogP contribution in [0.15, 0.2) is 43.5 Å². The van der Waals surface area contributed by atoms with Crippen molar-refractivity contribution < 1.29 is 19.4 Å². The van der Waals surface area contributed by atoms with Gasteiger partial charge in [0.15, 0.2) is 6.61 Å². The minimum atomic E-state index is -1.09. The minimum Gasteiger partial charge on any atom is -0.483 e. The molecule has 0 saturated carbocycles. The van der Waals surface area contributed by atoms with Gasteiger partial charge in [0.1, 0.15) is 11.3 Å². The van der Waals surface area contributed by atoms with Crippen molar-refractivity contribution in [2.75, 3.05) is 19.7 Å². The van der Waals surface area contributed by atoms with Gasteiger partial charge in [-0.25, -0.2) is 4.79 Å². The predicted octanol–water partition coefficient (Wildman–Crippen LogP) is 2.27. The van der Waals surface area contributed by atoms with Crippen LogP contribution in [0.5, 0.6) is 5.75 Å². The minimum absolute atomic E-state index is 0.0346. The van der Waals surface area contributed by atoms with E-state index in [0.29, 0.717) is 13.1 Å². The summed E-state index contributed by atoms with van der Waals surface area (Å²) in [6, 6.07) is 4.74. The largest absolute Gasteiger partial charge is 0.483 e. The summed E-state index contributed by atoms with van der Waals surface area (Å²) in [5.41, 5.74) is 0.892. The number of aryl methyl sites for hydroxylation is 1. The molecule has 0 atom stereocenters. The summed E-state index contributed by atoms with van der Waals surface area (Å²) in [5, 5.41) is 9.10. The van der Waals surface area contributed by atoms with Crippen molar-refractivity contribution >= 4 is 11.9 Å². The molecule has 1 amide bonds. The molecule has 0 bridgehead atoms. The lowest BCUT2D eigenvalue weighted by Gasteiger charge is -2.19. The fraction of sp³-hybridized carbons (Fsp3) is 0.250. The highest BCUT2D eigenvalue weighted by Crippen LogP contribution is 2.20. The van der Waals surface area contributed by atoms with Crippen LogP contribution in [-0.4, -0.2) is 41.6 Å². The number of carbonyl (C=O) groups is 2. The summed E-state index contributed by atoms with van der Waals surface area (Å²) in [6.07, 6.45) is 3.22. The van der Waals surface area contributed by atoms with E-state index in [1.54, 1.807) is 24.3 Å². The number of rotatable bonds is 8. The maximum atomic E-state index is 12.0. The second-order valence-corrected chi connectivity index (χ2v) is 4.47. The van der Waals surface area contributed by atoms with Gasteiger partial charge in [0.05, 0.1) is 0 Å². The van der Waals surface area contributed by atoms with Gasteiger partial charge >= 0.3 is 5.97 Å². The molecule has 5 nitrogen and oxygen atoms in total. The summed E-state index contributed by atoms with van der Waals surface area (Å²) in [7, 11) is 0. The fourth-order valence-corrected chi connectivity index (χ4v) is 1.75. The highest BCUT2D eigenvalue weighted by Gasteiger charge is 2.15. The van der Waals surface area contributed by atoms with E-state index in [0.717, 1.165) is 5.56 Å². The van der Waals surface area contributed by atoms with E-state index >= 15 is 0 Å². The van der Waals surface area contributed by atoms with Crippen LogP contribution in [-0.2, 0) is 4.79 Å².